The van der Waals surface area contributed by atoms with Crippen LogP contribution >= 0.6 is 0 Å². The van der Waals surface area contributed by atoms with E-state index in [1.807, 2.05) is 18.2 Å². The molecule has 2 atom stereocenters. The first-order chi connectivity index (χ1) is 11.1. The van der Waals surface area contributed by atoms with Crippen molar-refractivity contribution in [3.05, 3.63) is 53.2 Å². The molecule has 1 fully saturated rings. The van der Waals surface area contributed by atoms with Gasteiger partial charge in [0.1, 0.15) is 7.05 Å². The average Bonchev–Trinajstić information content (AvgIpc) is 2.75. The van der Waals surface area contributed by atoms with Crippen molar-refractivity contribution in [2.45, 2.75) is 51.8 Å². The second-order valence-corrected chi connectivity index (χ2v) is 7.77. The van der Waals surface area contributed by atoms with Crippen LogP contribution in [0, 0.1) is 12.3 Å². The number of rotatable bonds is 1. The molecule has 0 amide bonds. The fourth-order valence-corrected chi connectivity index (χ4v) is 4.68. The summed E-state index contributed by atoms with van der Waals surface area (Å²) >= 11 is 0. The minimum absolute atomic E-state index is 0.0476. The molecule has 0 spiro atoms. The summed E-state index contributed by atoms with van der Waals surface area (Å²) in [5.41, 5.74) is 6.02. The maximum Gasteiger partial charge on any atom is 0.212 e. The molecule has 2 unspecified atom stereocenters. The highest BCUT2D eigenvalue weighted by Crippen LogP contribution is 2.67. The standard InChI is InChI=1S/C21H26N/c1-14-8-6-7-9-15(14)19-12-16-17-10-11-21(4,20(17,2)3)18(16)13-22(19)5/h6-9,12-13,17H,10-11H2,1-5H3/q+1/i6D,17D. The van der Waals surface area contributed by atoms with Gasteiger partial charge in [0.15, 0.2) is 6.20 Å². The van der Waals surface area contributed by atoms with Gasteiger partial charge in [-0.3, -0.25) is 0 Å². The molecular formula is C21H26N+. The molecule has 1 heterocycles. The van der Waals surface area contributed by atoms with Crippen molar-refractivity contribution < 1.29 is 7.31 Å². The van der Waals surface area contributed by atoms with Gasteiger partial charge in [0.25, 0.3) is 0 Å². The van der Waals surface area contributed by atoms with E-state index in [2.05, 4.69) is 51.6 Å². The van der Waals surface area contributed by atoms with Gasteiger partial charge in [-0.15, -0.1) is 0 Å². The first-order valence-corrected chi connectivity index (χ1v) is 8.24. The normalized spacial score (nSPS) is 32.6. The van der Waals surface area contributed by atoms with Gasteiger partial charge in [0.2, 0.25) is 5.69 Å². The average molecular weight is 294 g/mol. The molecular weight excluding hydrogens is 266 g/mol. The predicted molar refractivity (Wildman–Crippen MR) is 90.9 cm³/mol. The molecule has 0 aliphatic heterocycles. The number of hydrogen-bond donors (Lipinski definition) is 0. The summed E-state index contributed by atoms with van der Waals surface area (Å²) in [6, 6.07) is 8.60. The molecule has 2 aromatic rings. The van der Waals surface area contributed by atoms with Crippen molar-refractivity contribution in [2.75, 3.05) is 0 Å². The molecule has 1 heteroatoms. The second-order valence-electron chi connectivity index (χ2n) is 7.77. The highest BCUT2D eigenvalue weighted by atomic mass is 14.9. The molecule has 1 aromatic carbocycles. The zero-order chi connectivity index (χ0) is 17.5. The topological polar surface area (TPSA) is 3.88 Å². The SMILES string of the molecule is [2H]c1ccc(-c2cc3c(c[n+]2C)C2(C)CCC3([2H])C2(C)C)c(C)c1. The number of fused-ring (bicyclic) bond motifs is 5. The van der Waals surface area contributed by atoms with E-state index in [-0.39, 0.29) is 10.8 Å². The van der Waals surface area contributed by atoms with Crippen molar-refractivity contribution >= 4 is 0 Å². The predicted octanol–water partition coefficient (Wildman–Crippen LogP) is 4.66. The summed E-state index contributed by atoms with van der Waals surface area (Å²) in [4.78, 5) is 0. The van der Waals surface area contributed by atoms with Crippen molar-refractivity contribution in [1.82, 2.24) is 0 Å². The van der Waals surface area contributed by atoms with Crippen LogP contribution in [0.1, 0.15) is 58.9 Å². The lowest BCUT2D eigenvalue weighted by Crippen LogP contribution is -2.36. The van der Waals surface area contributed by atoms with Gasteiger partial charge in [-0.1, -0.05) is 38.9 Å². The molecule has 1 aromatic heterocycles. The van der Waals surface area contributed by atoms with E-state index in [9.17, 15) is 1.37 Å². The Morgan fingerprint density at radius 3 is 2.82 bits per heavy atom. The third-order valence-corrected chi connectivity index (χ3v) is 6.55. The van der Waals surface area contributed by atoms with Gasteiger partial charge >= 0.3 is 0 Å². The van der Waals surface area contributed by atoms with Gasteiger partial charge in [-0.2, -0.15) is 0 Å². The largest absolute Gasteiger partial charge is 0.212 e. The Labute approximate surface area is 136 Å². The number of nitrogens with zero attached hydrogens (tertiary/aromatic N) is 1. The van der Waals surface area contributed by atoms with E-state index in [0.29, 0.717) is 6.04 Å². The summed E-state index contributed by atoms with van der Waals surface area (Å²) < 4.78 is 19.3. The molecule has 2 aliphatic rings. The van der Waals surface area contributed by atoms with Crippen LogP contribution in [-0.2, 0) is 12.5 Å². The van der Waals surface area contributed by atoms with E-state index in [1.54, 1.807) is 0 Å². The summed E-state index contributed by atoms with van der Waals surface area (Å²) in [6.45, 7) is 8.95. The number of aryl methyl sites for hydroxylation is 2. The van der Waals surface area contributed by atoms with Crippen LogP contribution in [0.5, 0.6) is 0 Å². The minimum Gasteiger partial charge on any atom is -0.201 e. The molecule has 1 saturated carbocycles. The Hall–Kier alpha value is -1.63. The maximum absolute atomic E-state index is 9.26. The van der Waals surface area contributed by atoms with Crippen LogP contribution in [-0.4, -0.2) is 0 Å². The lowest BCUT2D eigenvalue weighted by atomic mass is 9.69. The van der Waals surface area contributed by atoms with Crippen molar-refractivity contribution in [3.63, 3.8) is 0 Å². The van der Waals surface area contributed by atoms with Crippen LogP contribution in [0.25, 0.3) is 11.3 Å². The van der Waals surface area contributed by atoms with Crippen molar-refractivity contribution in [2.24, 2.45) is 12.5 Å². The van der Waals surface area contributed by atoms with E-state index in [1.165, 1.54) is 11.1 Å². The Morgan fingerprint density at radius 1 is 1.32 bits per heavy atom. The second kappa shape index (κ2) is 4.22. The molecule has 4 rings (SSSR count). The molecule has 0 N–H and O–H groups in total. The zero-order valence-electron chi connectivity index (χ0n) is 16.2. The Morgan fingerprint density at radius 2 is 2.09 bits per heavy atom. The number of benzene rings is 1. The molecule has 2 aliphatic carbocycles. The number of hydrogen-bond acceptors (Lipinski definition) is 0. The van der Waals surface area contributed by atoms with E-state index >= 15 is 0 Å². The van der Waals surface area contributed by atoms with E-state index < -0.39 is 5.89 Å². The molecule has 114 valence electrons. The summed E-state index contributed by atoms with van der Waals surface area (Å²) in [6.07, 6.45) is 4.31. The third kappa shape index (κ3) is 1.52. The van der Waals surface area contributed by atoms with Crippen molar-refractivity contribution in [3.8, 4) is 11.3 Å². The van der Waals surface area contributed by atoms with Gasteiger partial charge in [0.05, 0.1) is 1.37 Å². The van der Waals surface area contributed by atoms with Gasteiger partial charge < -0.3 is 0 Å². The highest BCUT2D eigenvalue weighted by molar-refractivity contribution is 5.63. The first kappa shape index (κ1) is 11.9. The minimum atomic E-state index is -0.497. The molecule has 0 radical (unpaired) electrons. The van der Waals surface area contributed by atoms with E-state index in [4.69, 9.17) is 1.37 Å². The van der Waals surface area contributed by atoms with Crippen LogP contribution < -0.4 is 4.57 Å². The van der Waals surface area contributed by atoms with Gasteiger partial charge in [-0.25, -0.2) is 4.57 Å². The Bertz CT molecular complexity index is 870. The number of pyridine rings is 1. The summed E-state index contributed by atoms with van der Waals surface area (Å²) in [7, 11) is 2.10. The molecule has 2 bridgehead atoms. The molecule has 22 heavy (non-hydrogen) atoms. The number of aromatic nitrogens is 1. The fraction of sp³-hybridized carbons (Fsp3) is 0.476. The highest BCUT2D eigenvalue weighted by Gasteiger charge is 2.60. The smallest absolute Gasteiger partial charge is 0.201 e. The molecule has 1 nitrogen and oxygen atoms in total. The van der Waals surface area contributed by atoms with Crippen LogP contribution in [0.2, 0.25) is 0 Å². The quantitative estimate of drug-likeness (QED) is 0.673. The van der Waals surface area contributed by atoms with Crippen molar-refractivity contribution in [1.29, 1.82) is 0 Å². The monoisotopic (exact) mass is 294 g/mol. The first-order valence-electron chi connectivity index (χ1n) is 9.24. The van der Waals surface area contributed by atoms with Gasteiger partial charge in [-0.05, 0) is 48.3 Å². The van der Waals surface area contributed by atoms with Crippen LogP contribution in [0.15, 0.2) is 36.5 Å². The maximum atomic E-state index is 9.26. The third-order valence-electron chi connectivity index (χ3n) is 6.55. The molecule has 0 saturated heterocycles. The zero-order valence-corrected chi connectivity index (χ0v) is 14.2. The van der Waals surface area contributed by atoms with Crippen LogP contribution in [0.3, 0.4) is 0 Å². The van der Waals surface area contributed by atoms with E-state index in [0.717, 1.165) is 29.7 Å². The lowest BCUT2D eigenvalue weighted by Gasteiger charge is -2.34. The Kier molecular flexibility index (Phi) is 2.28. The summed E-state index contributed by atoms with van der Waals surface area (Å²) in [5, 5.41) is 0. The summed E-state index contributed by atoms with van der Waals surface area (Å²) in [5.74, 6) is -0.497. The Balaban J connectivity index is 1.98. The van der Waals surface area contributed by atoms with Crippen LogP contribution in [0.4, 0.5) is 0 Å². The fourth-order valence-electron chi connectivity index (χ4n) is 4.68. The van der Waals surface area contributed by atoms with Gasteiger partial charge in [0, 0.05) is 24.0 Å². The lowest BCUT2D eigenvalue weighted by molar-refractivity contribution is -0.661.